The van der Waals surface area contributed by atoms with Crippen molar-refractivity contribution in [1.82, 2.24) is 10.8 Å². The summed E-state index contributed by atoms with van der Waals surface area (Å²) in [5.41, 5.74) is 2.49. The van der Waals surface area contributed by atoms with Crippen molar-refractivity contribution in [3.05, 3.63) is 0 Å². The largest absolute Gasteiger partial charge is 0.379 e. The molecule has 0 aromatic heterocycles. The van der Waals surface area contributed by atoms with Crippen molar-refractivity contribution >= 4 is 5.91 Å². The number of likely N-dealkylation sites (N-methyl/N-ethyl adjacent to an activating group) is 1. The van der Waals surface area contributed by atoms with E-state index in [0.29, 0.717) is 25.7 Å². The number of ether oxygens (including phenoxy) is 1. The van der Waals surface area contributed by atoms with E-state index in [1.165, 1.54) is 0 Å². The maximum atomic E-state index is 11.8. The van der Waals surface area contributed by atoms with Gasteiger partial charge in [-0.3, -0.25) is 9.63 Å². The molecule has 1 rings (SSSR count). The minimum atomic E-state index is -0.146. The average Bonchev–Trinajstić information content (AvgIpc) is 2.66. The zero-order chi connectivity index (χ0) is 12.0. The molecule has 0 saturated carbocycles. The summed E-state index contributed by atoms with van der Waals surface area (Å²) < 4.78 is 5.29. The lowest BCUT2D eigenvalue weighted by Crippen LogP contribution is -2.44. The summed E-state index contributed by atoms with van der Waals surface area (Å²) in [6, 6.07) is 0.104. The van der Waals surface area contributed by atoms with E-state index in [1.54, 1.807) is 0 Å². The minimum absolute atomic E-state index is 0.0934. The lowest BCUT2D eigenvalue weighted by atomic mass is 10.0. The molecular formula is C11H22N2O3. The van der Waals surface area contributed by atoms with Gasteiger partial charge in [-0.15, -0.1) is 0 Å². The molecule has 1 saturated heterocycles. The Morgan fingerprint density at radius 1 is 1.50 bits per heavy atom. The van der Waals surface area contributed by atoms with E-state index in [1.807, 2.05) is 20.8 Å². The Balaban J connectivity index is 2.29. The zero-order valence-corrected chi connectivity index (χ0v) is 10.3. The number of amides is 1. The molecule has 1 aliphatic heterocycles. The molecule has 0 aliphatic carbocycles. The molecule has 16 heavy (non-hydrogen) atoms. The molecule has 1 heterocycles. The second-order valence-electron chi connectivity index (χ2n) is 4.48. The van der Waals surface area contributed by atoms with Crippen molar-refractivity contribution in [2.45, 2.75) is 26.8 Å². The Kier molecular flexibility index (Phi) is 5.73. The Labute approximate surface area is 96.8 Å². The predicted molar refractivity (Wildman–Crippen MR) is 60.7 cm³/mol. The fourth-order valence-corrected chi connectivity index (χ4v) is 1.63. The highest BCUT2D eigenvalue weighted by Gasteiger charge is 2.33. The van der Waals surface area contributed by atoms with Crippen LogP contribution >= 0.6 is 0 Å². The highest BCUT2D eigenvalue weighted by molar-refractivity contribution is 5.78. The summed E-state index contributed by atoms with van der Waals surface area (Å²) in [5, 5.41) is 3.23. The maximum absolute atomic E-state index is 11.8. The lowest BCUT2D eigenvalue weighted by Gasteiger charge is -2.17. The van der Waals surface area contributed by atoms with Crippen molar-refractivity contribution in [3.8, 4) is 0 Å². The molecule has 0 aromatic carbocycles. The van der Waals surface area contributed by atoms with Crippen LogP contribution in [0.2, 0.25) is 0 Å². The molecule has 1 aliphatic rings. The number of hydrogen-bond donors (Lipinski definition) is 2. The topological polar surface area (TPSA) is 59.6 Å². The first-order chi connectivity index (χ1) is 7.65. The van der Waals surface area contributed by atoms with E-state index in [-0.39, 0.29) is 17.9 Å². The molecule has 94 valence electrons. The van der Waals surface area contributed by atoms with Gasteiger partial charge < -0.3 is 10.1 Å². The van der Waals surface area contributed by atoms with E-state index in [4.69, 9.17) is 9.57 Å². The van der Waals surface area contributed by atoms with Gasteiger partial charge in [0.1, 0.15) is 0 Å². The lowest BCUT2D eigenvalue weighted by molar-refractivity contribution is -0.139. The van der Waals surface area contributed by atoms with Gasteiger partial charge in [0.15, 0.2) is 0 Å². The van der Waals surface area contributed by atoms with Gasteiger partial charge in [-0.2, -0.15) is 0 Å². The summed E-state index contributed by atoms with van der Waals surface area (Å²) >= 11 is 0. The van der Waals surface area contributed by atoms with Crippen molar-refractivity contribution < 1.29 is 14.4 Å². The zero-order valence-electron chi connectivity index (χ0n) is 10.3. The highest BCUT2D eigenvalue weighted by Crippen LogP contribution is 2.13. The van der Waals surface area contributed by atoms with E-state index in [9.17, 15) is 4.79 Å². The van der Waals surface area contributed by atoms with E-state index in [0.717, 1.165) is 6.54 Å². The van der Waals surface area contributed by atoms with Gasteiger partial charge in [0.05, 0.1) is 25.7 Å². The molecule has 5 heteroatoms. The van der Waals surface area contributed by atoms with E-state index < -0.39 is 0 Å². The Morgan fingerprint density at radius 3 is 2.88 bits per heavy atom. The van der Waals surface area contributed by atoms with Crippen LogP contribution in [0, 0.1) is 11.8 Å². The quantitative estimate of drug-likeness (QED) is 0.645. The van der Waals surface area contributed by atoms with Crippen LogP contribution in [-0.2, 0) is 14.4 Å². The van der Waals surface area contributed by atoms with Gasteiger partial charge in [-0.05, 0) is 12.5 Å². The minimum Gasteiger partial charge on any atom is -0.379 e. The first-order valence-electron chi connectivity index (χ1n) is 5.88. The van der Waals surface area contributed by atoms with Crippen LogP contribution < -0.4 is 10.8 Å². The Bertz CT molecular complexity index is 221. The summed E-state index contributed by atoms with van der Waals surface area (Å²) in [6.45, 7) is 8.52. The average molecular weight is 230 g/mol. The summed E-state index contributed by atoms with van der Waals surface area (Å²) in [6.07, 6.45) is 0. The molecule has 0 spiro atoms. The normalized spacial score (nSPS) is 25.0. The third-order valence-corrected chi connectivity index (χ3v) is 2.47. The molecule has 0 bridgehead atoms. The monoisotopic (exact) mass is 230 g/mol. The number of hydroxylamine groups is 1. The van der Waals surface area contributed by atoms with Crippen LogP contribution in [0.5, 0.6) is 0 Å². The van der Waals surface area contributed by atoms with Crippen LogP contribution in [0.15, 0.2) is 0 Å². The van der Waals surface area contributed by atoms with Gasteiger partial charge in [0.25, 0.3) is 5.91 Å². The van der Waals surface area contributed by atoms with Gasteiger partial charge in [-0.1, -0.05) is 20.8 Å². The number of nitrogens with one attached hydrogen (secondary N) is 2. The SMILES string of the molecule is CCNC1COCC1C(=O)NOCC(C)C. The molecule has 2 atom stereocenters. The standard InChI is InChI=1S/C11H22N2O3/c1-4-12-10-7-15-6-9(10)11(14)13-16-5-8(2)3/h8-10,12H,4-7H2,1-3H3,(H,13,14). The fourth-order valence-electron chi connectivity index (χ4n) is 1.63. The van der Waals surface area contributed by atoms with E-state index >= 15 is 0 Å². The summed E-state index contributed by atoms with van der Waals surface area (Å²) in [4.78, 5) is 16.9. The first-order valence-corrected chi connectivity index (χ1v) is 5.88. The Morgan fingerprint density at radius 2 is 2.25 bits per heavy atom. The van der Waals surface area contributed by atoms with Gasteiger partial charge >= 0.3 is 0 Å². The smallest absolute Gasteiger partial charge is 0.250 e. The highest BCUT2D eigenvalue weighted by atomic mass is 16.7. The molecule has 1 fully saturated rings. The molecule has 0 aromatic rings. The van der Waals surface area contributed by atoms with Crippen molar-refractivity contribution in [1.29, 1.82) is 0 Å². The van der Waals surface area contributed by atoms with Crippen LogP contribution in [0.1, 0.15) is 20.8 Å². The molecule has 2 N–H and O–H groups in total. The molecule has 2 unspecified atom stereocenters. The van der Waals surface area contributed by atoms with Crippen LogP contribution in [-0.4, -0.2) is 38.3 Å². The predicted octanol–water partition coefficient (Wildman–Crippen LogP) is 0.315. The van der Waals surface area contributed by atoms with Gasteiger partial charge in [-0.25, -0.2) is 5.48 Å². The molecule has 1 amide bonds. The van der Waals surface area contributed by atoms with Crippen LogP contribution in [0.3, 0.4) is 0 Å². The second-order valence-corrected chi connectivity index (χ2v) is 4.48. The number of rotatable bonds is 6. The fraction of sp³-hybridized carbons (Fsp3) is 0.909. The van der Waals surface area contributed by atoms with Crippen LogP contribution in [0.25, 0.3) is 0 Å². The molecule has 0 radical (unpaired) electrons. The molecular weight excluding hydrogens is 208 g/mol. The second kappa shape index (κ2) is 6.83. The summed E-state index contributed by atoms with van der Waals surface area (Å²) in [5.74, 6) is 0.168. The van der Waals surface area contributed by atoms with Crippen molar-refractivity contribution in [3.63, 3.8) is 0 Å². The van der Waals surface area contributed by atoms with Gasteiger partial charge in [0.2, 0.25) is 0 Å². The Hall–Kier alpha value is -0.650. The first kappa shape index (κ1) is 13.4. The third-order valence-electron chi connectivity index (χ3n) is 2.47. The number of hydrogen-bond acceptors (Lipinski definition) is 4. The van der Waals surface area contributed by atoms with Crippen molar-refractivity contribution in [2.24, 2.45) is 11.8 Å². The molecule has 5 nitrogen and oxygen atoms in total. The van der Waals surface area contributed by atoms with E-state index in [2.05, 4.69) is 10.8 Å². The number of carbonyl (C=O) groups is 1. The van der Waals surface area contributed by atoms with Crippen LogP contribution in [0.4, 0.5) is 0 Å². The van der Waals surface area contributed by atoms with Gasteiger partial charge in [0, 0.05) is 6.04 Å². The third kappa shape index (κ3) is 4.08. The summed E-state index contributed by atoms with van der Waals surface area (Å²) in [7, 11) is 0. The number of carbonyl (C=O) groups excluding carboxylic acids is 1. The van der Waals surface area contributed by atoms with Crippen molar-refractivity contribution in [2.75, 3.05) is 26.4 Å². The maximum Gasteiger partial charge on any atom is 0.250 e.